The number of fused-ring (bicyclic) bond motifs is 2. The van der Waals surface area contributed by atoms with Gasteiger partial charge in [-0.3, -0.25) is 0 Å². The third-order valence-corrected chi connectivity index (χ3v) is 5.09. The number of rotatable bonds is 3. The average Bonchev–Trinajstić information content (AvgIpc) is 2.84. The number of piperidine rings is 1. The van der Waals surface area contributed by atoms with Gasteiger partial charge in [-0.1, -0.05) is 36.9 Å². The van der Waals surface area contributed by atoms with Crippen LogP contribution in [0.1, 0.15) is 31.2 Å². The number of carbonyl (C=O) groups is 1. The lowest BCUT2D eigenvalue weighted by Gasteiger charge is -2.44. The molecular formula is C18H20F3NO3. The second-order valence-corrected chi connectivity index (χ2v) is 6.75. The maximum atomic E-state index is 13.0. The molecular weight excluding hydrogens is 335 g/mol. The number of amides is 1. The quantitative estimate of drug-likeness (QED) is 0.839. The molecule has 1 N–H and O–H groups in total. The van der Waals surface area contributed by atoms with Crippen LogP contribution in [0, 0.1) is 0 Å². The summed E-state index contributed by atoms with van der Waals surface area (Å²) in [5.74, 6) is 0. The maximum Gasteiger partial charge on any atom is 0.414 e. The van der Waals surface area contributed by atoms with Gasteiger partial charge >= 0.3 is 12.3 Å². The number of carbonyl (C=O) groups excluding carboxylic acids is 1. The Kier molecular flexibility index (Phi) is 4.53. The molecule has 0 saturated carbocycles. The van der Waals surface area contributed by atoms with Crippen LogP contribution < -0.4 is 0 Å². The summed E-state index contributed by atoms with van der Waals surface area (Å²) in [6.45, 7) is 3.16. The lowest BCUT2D eigenvalue weighted by Crippen LogP contribution is -2.55. The van der Waals surface area contributed by atoms with Crippen LogP contribution in [0.25, 0.3) is 0 Å². The molecule has 0 radical (unpaired) electrons. The minimum atomic E-state index is -4.65. The molecule has 1 aromatic rings. The molecule has 2 saturated heterocycles. The van der Waals surface area contributed by atoms with Gasteiger partial charge in [0.15, 0.2) is 0 Å². The van der Waals surface area contributed by atoms with Gasteiger partial charge in [-0.15, -0.1) is 0 Å². The van der Waals surface area contributed by atoms with Crippen molar-refractivity contribution in [2.75, 3.05) is 0 Å². The molecule has 2 fully saturated rings. The SMILES string of the molecule is C=C(C(F)(F)F)C1(O)CC2CCC(C1)N2C(=O)OCc1ccccc1. The summed E-state index contributed by atoms with van der Waals surface area (Å²) >= 11 is 0. The van der Waals surface area contributed by atoms with Crippen LogP contribution in [-0.2, 0) is 11.3 Å². The fourth-order valence-electron chi connectivity index (χ4n) is 3.83. The molecule has 2 bridgehead atoms. The average molecular weight is 355 g/mol. The number of aliphatic hydroxyl groups is 1. The third-order valence-electron chi connectivity index (χ3n) is 5.09. The number of benzene rings is 1. The van der Waals surface area contributed by atoms with E-state index in [1.807, 2.05) is 30.3 Å². The molecule has 0 aromatic heterocycles. The molecule has 2 unspecified atom stereocenters. The lowest BCUT2D eigenvalue weighted by atomic mass is 9.80. The fourth-order valence-corrected chi connectivity index (χ4v) is 3.83. The molecule has 4 nitrogen and oxygen atoms in total. The minimum Gasteiger partial charge on any atom is -0.445 e. The van der Waals surface area contributed by atoms with E-state index in [0.29, 0.717) is 12.8 Å². The Morgan fingerprint density at radius 3 is 2.32 bits per heavy atom. The summed E-state index contributed by atoms with van der Waals surface area (Å²) in [5.41, 5.74) is -2.31. The minimum absolute atomic E-state index is 0.106. The van der Waals surface area contributed by atoms with Crippen LogP contribution in [0.15, 0.2) is 42.5 Å². The van der Waals surface area contributed by atoms with Crippen molar-refractivity contribution in [3.63, 3.8) is 0 Å². The van der Waals surface area contributed by atoms with E-state index in [1.54, 1.807) is 0 Å². The largest absolute Gasteiger partial charge is 0.445 e. The van der Waals surface area contributed by atoms with Gasteiger partial charge in [-0.25, -0.2) is 4.79 Å². The second-order valence-electron chi connectivity index (χ2n) is 6.75. The van der Waals surface area contributed by atoms with Gasteiger partial charge < -0.3 is 14.7 Å². The molecule has 3 rings (SSSR count). The zero-order chi connectivity index (χ0) is 18.2. The van der Waals surface area contributed by atoms with E-state index in [0.717, 1.165) is 5.56 Å². The molecule has 0 aliphatic carbocycles. The molecule has 2 aliphatic rings. The van der Waals surface area contributed by atoms with Crippen LogP contribution >= 0.6 is 0 Å². The highest BCUT2D eigenvalue weighted by molar-refractivity contribution is 5.69. The van der Waals surface area contributed by atoms with Crippen LogP contribution in [-0.4, -0.2) is 40.0 Å². The summed E-state index contributed by atoms with van der Waals surface area (Å²) in [7, 11) is 0. The summed E-state index contributed by atoms with van der Waals surface area (Å²) in [6.07, 6.45) is -4.41. The normalized spacial score (nSPS) is 28.7. The fraction of sp³-hybridized carbons (Fsp3) is 0.500. The van der Waals surface area contributed by atoms with E-state index in [1.165, 1.54) is 4.90 Å². The van der Waals surface area contributed by atoms with E-state index < -0.39 is 35.5 Å². The second kappa shape index (κ2) is 6.37. The maximum absolute atomic E-state index is 13.0. The van der Waals surface area contributed by atoms with Gasteiger partial charge in [0.05, 0.1) is 11.2 Å². The molecule has 1 aromatic carbocycles. The Balaban J connectivity index is 1.66. The zero-order valence-corrected chi connectivity index (χ0v) is 13.6. The Morgan fingerprint density at radius 1 is 1.24 bits per heavy atom. The van der Waals surface area contributed by atoms with E-state index in [-0.39, 0.29) is 19.4 Å². The van der Waals surface area contributed by atoms with Crippen molar-refractivity contribution in [3.8, 4) is 0 Å². The van der Waals surface area contributed by atoms with E-state index in [4.69, 9.17) is 4.74 Å². The van der Waals surface area contributed by atoms with Gasteiger partial charge in [-0.05, 0) is 18.4 Å². The van der Waals surface area contributed by atoms with Crippen molar-refractivity contribution in [2.24, 2.45) is 0 Å². The van der Waals surface area contributed by atoms with E-state index in [2.05, 4.69) is 6.58 Å². The summed E-state index contributed by atoms with van der Waals surface area (Å²) in [5, 5.41) is 10.5. The summed E-state index contributed by atoms with van der Waals surface area (Å²) in [4.78, 5) is 13.9. The van der Waals surface area contributed by atoms with Crippen molar-refractivity contribution in [1.82, 2.24) is 4.90 Å². The van der Waals surface area contributed by atoms with Crippen LogP contribution in [0.2, 0.25) is 0 Å². The number of alkyl halides is 3. The predicted molar refractivity (Wildman–Crippen MR) is 84.7 cm³/mol. The lowest BCUT2D eigenvalue weighted by molar-refractivity contribution is -0.132. The Morgan fingerprint density at radius 2 is 1.80 bits per heavy atom. The Labute approximate surface area is 143 Å². The molecule has 2 atom stereocenters. The highest BCUT2D eigenvalue weighted by Gasteiger charge is 2.55. The number of hydrogen-bond donors (Lipinski definition) is 1. The Bertz CT molecular complexity index is 645. The van der Waals surface area contributed by atoms with Crippen LogP contribution in [0.3, 0.4) is 0 Å². The molecule has 0 spiro atoms. The van der Waals surface area contributed by atoms with Crippen molar-refractivity contribution in [1.29, 1.82) is 0 Å². The molecule has 1 amide bonds. The number of ether oxygens (including phenoxy) is 1. The number of hydrogen-bond acceptors (Lipinski definition) is 3. The van der Waals surface area contributed by atoms with E-state index >= 15 is 0 Å². The van der Waals surface area contributed by atoms with Gasteiger partial charge in [0, 0.05) is 24.9 Å². The standard InChI is InChI=1S/C18H20F3NO3/c1-12(18(19,20)21)17(24)9-14-7-8-15(10-17)22(14)16(23)25-11-13-5-3-2-4-6-13/h2-6,14-15,24H,1,7-11H2. The first-order valence-electron chi connectivity index (χ1n) is 8.19. The summed E-state index contributed by atoms with van der Waals surface area (Å²) < 4.78 is 44.2. The highest BCUT2D eigenvalue weighted by atomic mass is 19.4. The molecule has 136 valence electrons. The zero-order valence-electron chi connectivity index (χ0n) is 13.6. The first kappa shape index (κ1) is 17.8. The Hall–Kier alpha value is -2.02. The summed E-state index contributed by atoms with van der Waals surface area (Å²) in [6, 6.07) is 8.23. The van der Waals surface area contributed by atoms with Gasteiger partial charge in [0.25, 0.3) is 0 Å². The van der Waals surface area contributed by atoms with Crippen LogP contribution in [0.5, 0.6) is 0 Å². The van der Waals surface area contributed by atoms with Gasteiger partial charge in [0.2, 0.25) is 0 Å². The number of halogens is 3. The highest BCUT2D eigenvalue weighted by Crippen LogP contribution is 2.47. The molecule has 2 heterocycles. The van der Waals surface area contributed by atoms with Crippen molar-refractivity contribution in [3.05, 3.63) is 48.0 Å². The van der Waals surface area contributed by atoms with E-state index in [9.17, 15) is 23.1 Å². The van der Waals surface area contributed by atoms with Crippen LogP contribution in [0.4, 0.5) is 18.0 Å². The molecule has 2 aliphatic heterocycles. The third kappa shape index (κ3) is 3.51. The van der Waals surface area contributed by atoms with Crippen molar-refractivity contribution in [2.45, 2.75) is 56.2 Å². The topological polar surface area (TPSA) is 49.8 Å². The molecule has 25 heavy (non-hydrogen) atoms. The first-order chi connectivity index (χ1) is 11.7. The predicted octanol–water partition coefficient (Wildman–Crippen LogP) is 3.80. The van der Waals surface area contributed by atoms with Crippen molar-refractivity contribution >= 4 is 6.09 Å². The monoisotopic (exact) mass is 355 g/mol. The first-order valence-corrected chi connectivity index (χ1v) is 8.19. The van der Waals surface area contributed by atoms with Gasteiger partial charge in [0.1, 0.15) is 6.61 Å². The number of nitrogens with zero attached hydrogens (tertiary/aromatic N) is 1. The smallest absolute Gasteiger partial charge is 0.414 e. The van der Waals surface area contributed by atoms with Crippen molar-refractivity contribution < 1.29 is 27.8 Å². The van der Waals surface area contributed by atoms with Gasteiger partial charge in [-0.2, -0.15) is 13.2 Å². The molecule has 7 heteroatoms.